The molecule has 0 fully saturated rings. The predicted molar refractivity (Wildman–Crippen MR) is 75.8 cm³/mol. The number of alkyl halides is 4. The molecule has 0 spiro atoms. The van der Waals surface area contributed by atoms with Crippen LogP contribution < -0.4 is 0 Å². The summed E-state index contributed by atoms with van der Waals surface area (Å²) >= 11 is 22.9. The van der Waals surface area contributed by atoms with E-state index in [2.05, 4.69) is 9.80 Å². The molecule has 0 aliphatic heterocycles. The van der Waals surface area contributed by atoms with E-state index in [0.29, 0.717) is 23.5 Å². The average Bonchev–Trinajstić information content (AvgIpc) is 2.27. The van der Waals surface area contributed by atoms with Gasteiger partial charge in [0.15, 0.2) is 0 Å². The molecule has 0 radical (unpaired) electrons. The molecule has 16 heavy (non-hydrogen) atoms. The van der Waals surface area contributed by atoms with Crippen LogP contribution in [0.15, 0.2) is 0 Å². The highest BCUT2D eigenvalue weighted by Crippen LogP contribution is 1.96. The lowest BCUT2D eigenvalue weighted by Gasteiger charge is -2.25. The maximum absolute atomic E-state index is 5.73. The van der Waals surface area contributed by atoms with Crippen molar-refractivity contribution in [2.45, 2.75) is 0 Å². The maximum Gasteiger partial charge on any atom is 0.0351 e. The highest BCUT2D eigenvalue weighted by Gasteiger charge is 2.07. The molecule has 0 aromatic carbocycles. The van der Waals surface area contributed by atoms with E-state index < -0.39 is 0 Å². The Hall–Kier alpha value is 1.08. The van der Waals surface area contributed by atoms with Crippen LogP contribution in [-0.2, 0) is 0 Å². The first-order chi connectivity index (χ1) is 7.78. The molecule has 0 bridgehead atoms. The molecule has 0 unspecified atom stereocenters. The van der Waals surface area contributed by atoms with Crippen LogP contribution in [0.3, 0.4) is 0 Å². The molecule has 0 heterocycles. The fourth-order valence-electron chi connectivity index (χ4n) is 1.43. The molecule has 0 aromatic rings. The van der Waals surface area contributed by atoms with Gasteiger partial charge < -0.3 is 0 Å². The molecule has 0 aliphatic carbocycles. The van der Waals surface area contributed by atoms with Gasteiger partial charge in [-0.2, -0.15) is 0 Å². The largest absolute Gasteiger partial charge is 0.300 e. The lowest BCUT2D eigenvalue weighted by atomic mass is 10.4. The predicted octanol–water partition coefficient (Wildman–Crippen LogP) is 2.55. The van der Waals surface area contributed by atoms with Crippen LogP contribution >= 0.6 is 46.4 Å². The molecule has 0 atom stereocenters. The van der Waals surface area contributed by atoms with Crippen molar-refractivity contribution in [2.24, 2.45) is 0 Å². The number of halogens is 4. The van der Waals surface area contributed by atoms with Crippen LogP contribution in [0.5, 0.6) is 0 Å². The van der Waals surface area contributed by atoms with E-state index in [1.165, 1.54) is 0 Å². The fourth-order valence-corrected chi connectivity index (χ4v) is 2.39. The van der Waals surface area contributed by atoms with Crippen molar-refractivity contribution in [1.82, 2.24) is 9.80 Å². The number of hydrogen-bond donors (Lipinski definition) is 0. The Bertz CT molecular complexity index is 121. The Labute approximate surface area is 119 Å². The fraction of sp³-hybridized carbons (Fsp3) is 1.00. The minimum absolute atomic E-state index is 0.641. The van der Waals surface area contributed by atoms with Gasteiger partial charge in [-0.1, -0.05) is 0 Å². The Balaban J connectivity index is 3.83. The first-order valence-corrected chi connectivity index (χ1v) is 7.60. The summed E-state index contributed by atoms with van der Waals surface area (Å²) in [6.45, 7) is 5.45. The van der Waals surface area contributed by atoms with Crippen molar-refractivity contribution < 1.29 is 0 Å². The third-order valence-corrected chi connectivity index (χ3v) is 3.01. The van der Waals surface area contributed by atoms with Gasteiger partial charge in [0.25, 0.3) is 0 Å². The maximum atomic E-state index is 5.73. The second-order valence-corrected chi connectivity index (χ2v) is 4.95. The first kappa shape index (κ1) is 17.1. The van der Waals surface area contributed by atoms with Crippen LogP contribution in [0, 0.1) is 0 Å². The van der Waals surface area contributed by atoms with Crippen molar-refractivity contribution >= 4 is 46.4 Å². The minimum Gasteiger partial charge on any atom is -0.300 e. The van der Waals surface area contributed by atoms with E-state index in [1.54, 1.807) is 0 Å². The monoisotopic (exact) mass is 308 g/mol. The lowest BCUT2D eigenvalue weighted by Crippen LogP contribution is -2.38. The summed E-state index contributed by atoms with van der Waals surface area (Å²) < 4.78 is 0. The molecule has 6 heteroatoms. The highest BCUT2D eigenvalue weighted by molar-refractivity contribution is 6.18. The van der Waals surface area contributed by atoms with Gasteiger partial charge in [-0.05, 0) is 0 Å². The zero-order valence-electron chi connectivity index (χ0n) is 9.48. The summed E-state index contributed by atoms with van der Waals surface area (Å²) in [5.74, 6) is 2.56. The quantitative estimate of drug-likeness (QED) is 0.541. The molecule has 0 aliphatic rings. The van der Waals surface area contributed by atoms with E-state index in [-0.39, 0.29) is 0 Å². The van der Waals surface area contributed by atoms with E-state index in [9.17, 15) is 0 Å². The molecule has 98 valence electrons. The Kier molecular flexibility index (Phi) is 13.4. The second kappa shape index (κ2) is 12.5. The molecule has 0 saturated carbocycles. The Morgan fingerprint density at radius 2 is 0.688 bits per heavy atom. The average molecular weight is 310 g/mol. The number of hydrogen-bond acceptors (Lipinski definition) is 2. The van der Waals surface area contributed by atoms with Crippen LogP contribution in [0.2, 0.25) is 0 Å². The van der Waals surface area contributed by atoms with Crippen molar-refractivity contribution in [3.8, 4) is 0 Å². The Morgan fingerprint density at radius 3 is 0.875 bits per heavy atom. The molecule has 0 N–H and O–H groups in total. The van der Waals surface area contributed by atoms with E-state index in [4.69, 9.17) is 46.4 Å². The standard InChI is InChI=1S/C10H20Cl4N2/c11-1-5-15(6-2-12)9-10-16(7-3-13)8-4-14/h1-10H2. The van der Waals surface area contributed by atoms with Crippen LogP contribution in [0.1, 0.15) is 0 Å². The molecule has 0 aromatic heterocycles. The highest BCUT2D eigenvalue weighted by atomic mass is 35.5. The molecule has 0 amide bonds. The summed E-state index contributed by atoms with van der Waals surface area (Å²) in [6.07, 6.45) is 0. The van der Waals surface area contributed by atoms with Crippen molar-refractivity contribution in [2.75, 3.05) is 62.8 Å². The van der Waals surface area contributed by atoms with Crippen molar-refractivity contribution in [3.05, 3.63) is 0 Å². The zero-order chi connectivity index (χ0) is 12.2. The molecule has 2 nitrogen and oxygen atoms in total. The molecule has 0 saturated heterocycles. The van der Waals surface area contributed by atoms with Gasteiger partial charge in [-0.25, -0.2) is 0 Å². The molecular formula is C10H20Cl4N2. The van der Waals surface area contributed by atoms with E-state index in [0.717, 1.165) is 39.3 Å². The summed E-state index contributed by atoms with van der Waals surface area (Å²) in [5, 5.41) is 0. The van der Waals surface area contributed by atoms with Gasteiger partial charge in [0, 0.05) is 62.8 Å². The summed E-state index contributed by atoms with van der Waals surface area (Å²) in [5.41, 5.74) is 0. The van der Waals surface area contributed by atoms with Crippen LogP contribution in [0.25, 0.3) is 0 Å². The SMILES string of the molecule is ClCCN(CCCl)CCN(CCCl)CCCl. The number of nitrogens with zero attached hydrogens (tertiary/aromatic N) is 2. The summed E-state index contributed by atoms with van der Waals surface area (Å²) in [4.78, 5) is 4.52. The topological polar surface area (TPSA) is 6.48 Å². The normalized spacial score (nSPS) is 11.6. The van der Waals surface area contributed by atoms with Crippen molar-refractivity contribution in [3.63, 3.8) is 0 Å². The molecular weight excluding hydrogens is 290 g/mol. The van der Waals surface area contributed by atoms with Gasteiger partial charge in [-0.3, -0.25) is 9.80 Å². The third kappa shape index (κ3) is 9.15. The minimum atomic E-state index is 0.641. The van der Waals surface area contributed by atoms with Gasteiger partial charge >= 0.3 is 0 Å². The second-order valence-electron chi connectivity index (χ2n) is 3.44. The van der Waals surface area contributed by atoms with Gasteiger partial charge in [-0.15, -0.1) is 46.4 Å². The van der Waals surface area contributed by atoms with Crippen molar-refractivity contribution in [1.29, 1.82) is 0 Å². The molecule has 0 rings (SSSR count). The lowest BCUT2D eigenvalue weighted by molar-refractivity contribution is 0.230. The van der Waals surface area contributed by atoms with E-state index in [1.807, 2.05) is 0 Å². The van der Waals surface area contributed by atoms with Gasteiger partial charge in [0.2, 0.25) is 0 Å². The summed E-state index contributed by atoms with van der Waals surface area (Å²) in [6, 6.07) is 0. The smallest absolute Gasteiger partial charge is 0.0351 e. The van der Waals surface area contributed by atoms with Gasteiger partial charge in [0.05, 0.1) is 0 Å². The third-order valence-electron chi connectivity index (χ3n) is 2.34. The van der Waals surface area contributed by atoms with E-state index >= 15 is 0 Å². The van der Waals surface area contributed by atoms with Gasteiger partial charge in [0.1, 0.15) is 0 Å². The Morgan fingerprint density at radius 1 is 0.438 bits per heavy atom. The van der Waals surface area contributed by atoms with Crippen LogP contribution in [0.4, 0.5) is 0 Å². The first-order valence-electron chi connectivity index (χ1n) is 5.47. The number of rotatable bonds is 11. The van der Waals surface area contributed by atoms with Crippen LogP contribution in [-0.4, -0.2) is 72.6 Å². The zero-order valence-corrected chi connectivity index (χ0v) is 12.5. The summed E-state index contributed by atoms with van der Waals surface area (Å²) in [7, 11) is 0.